The number of ketones is 3. The van der Waals surface area contributed by atoms with Crippen LogP contribution in [-0.4, -0.2) is 48.9 Å². The molecule has 0 radical (unpaired) electrons. The van der Waals surface area contributed by atoms with E-state index in [4.69, 9.17) is 18.9 Å². The molecule has 10 aliphatic rings. The van der Waals surface area contributed by atoms with Crippen LogP contribution in [-0.2, 0) is 29.3 Å². The molecule has 8 nitrogen and oxygen atoms in total. The summed E-state index contributed by atoms with van der Waals surface area (Å²) in [6.07, 6.45) is 20.2. The van der Waals surface area contributed by atoms with Crippen LogP contribution in [0, 0.1) is 68.0 Å². The fourth-order valence-corrected chi connectivity index (χ4v) is 18.7. The Morgan fingerprint density at radius 2 is 1.31 bits per heavy atom. The summed E-state index contributed by atoms with van der Waals surface area (Å²) in [5.74, 6) is -0.112. The second kappa shape index (κ2) is 13.3. The van der Waals surface area contributed by atoms with E-state index in [-0.39, 0.29) is 55.9 Å². The molecule has 0 amide bonds. The number of benzene rings is 1. The molecule has 0 unspecified atom stereocenters. The fraction of sp³-hybridized carbons (Fsp3) is 0.695. The third kappa shape index (κ3) is 5.11. The van der Waals surface area contributed by atoms with Crippen molar-refractivity contribution >= 4 is 23.3 Å². The molecule has 14 atom stereocenters. The van der Waals surface area contributed by atoms with Gasteiger partial charge in [-0.2, -0.15) is 0 Å². The number of Topliss-reactive ketones (excluding diaryl/α,β-unsaturated/α-hetero) is 1. The number of allylic oxidation sites excluding steroid dienone is 5. The minimum atomic E-state index is -1.81. The third-order valence-electron chi connectivity index (χ3n) is 23.6. The third-order valence-corrected chi connectivity index (χ3v) is 23.6. The van der Waals surface area contributed by atoms with Crippen LogP contribution in [0.1, 0.15) is 181 Å². The number of methoxy groups -OCH3 is 2. The highest BCUT2D eigenvalue weighted by Crippen LogP contribution is 2.77. The summed E-state index contributed by atoms with van der Waals surface area (Å²) in [7, 11) is 3.07. The summed E-state index contributed by atoms with van der Waals surface area (Å²) in [4.78, 5) is 56.6. The van der Waals surface area contributed by atoms with E-state index in [2.05, 4.69) is 81.4 Å². The van der Waals surface area contributed by atoms with Gasteiger partial charge in [-0.25, -0.2) is 0 Å². The predicted octanol–water partition coefficient (Wildman–Crippen LogP) is 12.4. The molecule has 8 heteroatoms. The molecule has 0 bridgehead atoms. The smallest absolute Gasteiger partial charge is 0.319 e. The lowest BCUT2D eigenvalue weighted by Gasteiger charge is -2.70. The summed E-state index contributed by atoms with van der Waals surface area (Å²) >= 11 is 0. The topological polar surface area (TPSA) is 105 Å². The SMILES string of the molecule is COC(=O)[C@]1(C)CC[C@]2(C)CC[C@]3(C)C4=CC=C5C(=CC(=O)[C@]6(OC)Oc7cc8c(c(C)c7O[C@]56C)C(=O)C=C5[C@@]8(C)CC[C@@]6(C)[C@@H]7C[C@@H](C)C(=O)C[C@]7(C)CC[C@]56C)[C@]4(C)CC[C@@]3(C)[C@@H]2C1. The predicted molar refractivity (Wildman–Crippen MR) is 258 cm³/mol. The molecule has 67 heavy (non-hydrogen) atoms. The maximum atomic E-state index is 15.2. The molecule has 1 aliphatic heterocycles. The van der Waals surface area contributed by atoms with Crippen molar-refractivity contribution in [2.45, 2.75) is 183 Å². The standard InChI is InChI=1S/C59H76O8/c1-33-27-42-50(4,31-39(33)61)20-24-56(10)43-30-38(60)46-34(2)47-40(28-37(46)53(43,7)22-25-55(42,56)9)66-59(65-14)45(62)29-36-35(58(59,12)67-47)15-16-41-52(36,6)21-26-57(11)44-32-51(5,48(63)64-13)18-17-49(44,3)19-23-54(41,57)8/h15-16,28-30,33,42,44H,17-27,31-32H2,1-14H3/t33-,42-,44-,49-,50+,51-,52+,53+,54-,55+,56-,57+,58-,59+/m1/s1. The van der Waals surface area contributed by atoms with Crippen LogP contribution >= 0.6 is 0 Å². The zero-order valence-electron chi connectivity index (χ0n) is 43.1. The molecule has 6 fully saturated rings. The van der Waals surface area contributed by atoms with Gasteiger partial charge in [0.05, 0.1) is 12.5 Å². The van der Waals surface area contributed by atoms with Crippen molar-refractivity contribution in [3.63, 3.8) is 0 Å². The summed E-state index contributed by atoms with van der Waals surface area (Å²) in [5, 5.41) is 0. The van der Waals surface area contributed by atoms with Crippen molar-refractivity contribution in [1.29, 1.82) is 0 Å². The van der Waals surface area contributed by atoms with E-state index in [9.17, 15) is 14.4 Å². The summed E-state index contributed by atoms with van der Waals surface area (Å²) in [6.45, 7) is 27.4. The van der Waals surface area contributed by atoms with E-state index in [0.717, 1.165) is 99.3 Å². The Hall–Kier alpha value is -3.78. The maximum absolute atomic E-state index is 15.2. The van der Waals surface area contributed by atoms with Crippen molar-refractivity contribution in [2.75, 3.05) is 14.2 Å². The zero-order valence-corrected chi connectivity index (χ0v) is 43.1. The average molecular weight is 913 g/mol. The number of carbonyl (C=O) groups excluding carboxylic acids is 4. The Kier molecular flexibility index (Phi) is 9.09. The lowest BCUT2D eigenvalue weighted by atomic mass is 9.34. The Morgan fingerprint density at radius 3 is 1.99 bits per heavy atom. The fourth-order valence-electron chi connectivity index (χ4n) is 18.7. The first-order valence-corrected chi connectivity index (χ1v) is 25.8. The highest BCUT2D eigenvalue weighted by atomic mass is 16.7. The van der Waals surface area contributed by atoms with Gasteiger partial charge in [-0.15, -0.1) is 0 Å². The highest BCUT2D eigenvalue weighted by molar-refractivity contribution is 6.10. The molecule has 1 aromatic rings. The number of ether oxygens (including phenoxy) is 4. The van der Waals surface area contributed by atoms with Crippen LogP contribution in [0.4, 0.5) is 0 Å². The minimum Gasteiger partial charge on any atom is -0.471 e. The lowest BCUT2D eigenvalue weighted by molar-refractivity contribution is -0.244. The number of rotatable bonds is 2. The van der Waals surface area contributed by atoms with E-state index in [1.54, 1.807) is 7.11 Å². The van der Waals surface area contributed by atoms with Gasteiger partial charge in [-0.3, -0.25) is 19.2 Å². The van der Waals surface area contributed by atoms with E-state index in [1.807, 2.05) is 32.1 Å². The molecule has 0 aromatic heterocycles. The number of fused-ring (bicyclic) bond motifs is 17. The van der Waals surface area contributed by atoms with Crippen LogP contribution < -0.4 is 9.47 Å². The first-order chi connectivity index (χ1) is 31.1. The summed E-state index contributed by atoms with van der Waals surface area (Å²) < 4.78 is 26.3. The van der Waals surface area contributed by atoms with E-state index in [1.165, 1.54) is 18.3 Å². The van der Waals surface area contributed by atoms with E-state index >= 15 is 4.79 Å². The van der Waals surface area contributed by atoms with Gasteiger partial charge in [-0.1, -0.05) is 80.0 Å². The van der Waals surface area contributed by atoms with Crippen LogP contribution in [0.2, 0.25) is 0 Å². The largest absolute Gasteiger partial charge is 0.471 e. The number of carbonyl (C=O) groups is 4. The van der Waals surface area contributed by atoms with Crippen molar-refractivity contribution in [3.05, 3.63) is 69.4 Å². The normalized spacial score (nSPS) is 49.0. The van der Waals surface area contributed by atoms with Gasteiger partial charge in [0.15, 0.2) is 17.3 Å². The van der Waals surface area contributed by atoms with E-state index < -0.39 is 27.6 Å². The van der Waals surface area contributed by atoms with Crippen LogP contribution in [0.25, 0.3) is 0 Å². The molecule has 0 N–H and O–H groups in total. The van der Waals surface area contributed by atoms with Crippen molar-refractivity contribution in [2.24, 2.45) is 61.1 Å². The number of hydrogen-bond donors (Lipinski definition) is 0. The van der Waals surface area contributed by atoms with Crippen LogP contribution in [0.15, 0.2) is 52.7 Å². The number of esters is 1. The van der Waals surface area contributed by atoms with Gasteiger partial charge in [0.2, 0.25) is 11.4 Å². The average Bonchev–Trinajstić information content (AvgIpc) is 3.27. The highest BCUT2D eigenvalue weighted by Gasteiger charge is 2.73. The molecule has 9 aliphatic carbocycles. The van der Waals surface area contributed by atoms with Gasteiger partial charge in [0.1, 0.15) is 5.78 Å². The molecule has 360 valence electrons. The van der Waals surface area contributed by atoms with Crippen LogP contribution in [0.3, 0.4) is 0 Å². The maximum Gasteiger partial charge on any atom is 0.319 e. The van der Waals surface area contributed by atoms with Gasteiger partial charge >= 0.3 is 11.8 Å². The molecular weight excluding hydrogens is 837 g/mol. The second-order valence-electron chi connectivity index (χ2n) is 26.4. The Bertz CT molecular complexity index is 2650. The van der Waals surface area contributed by atoms with Crippen molar-refractivity contribution in [3.8, 4) is 11.5 Å². The lowest BCUT2D eigenvalue weighted by Crippen LogP contribution is -2.70. The Morgan fingerprint density at radius 1 is 0.687 bits per heavy atom. The van der Waals surface area contributed by atoms with Gasteiger partial charge in [0, 0.05) is 47.0 Å². The van der Waals surface area contributed by atoms with Gasteiger partial charge in [0.25, 0.3) is 0 Å². The first-order valence-electron chi connectivity index (χ1n) is 25.8. The molecule has 11 rings (SSSR count). The summed E-state index contributed by atoms with van der Waals surface area (Å²) in [6, 6.07) is 2.01. The minimum absolute atomic E-state index is 0.00433. The summed E-state index contributed by atoms with van der Waals surface area (Å²) in [5.41, 5.74) is 3.44. The Balaban J connectivity index is 0.989. The van der Waals surface area contributed by atoms with Gasteiger partial charge < -0.3 is 18.9 Å². The molecule has 1 aromatic carbocycles. The zero-order chi connectivity index (χ0) is 48.3. The quantitative estimate of drug-likeness (QED) is 0.270. The monoisotopic (exact) mass is 913 g/mol. The molecule has 1 heterocycles. The molecule has 6 saturated carbocycles. The van der Waals surface area contributed by atoms with Crippen molar-refractivity contribution in [1.82, 2.24) is 0 Å². The van der Waals surface area contributed by atoms with E-state index in [0.29, 0.717) is 41.1 Å². The molecule has 0 spiro atoms. The van der Waals surface area contributed by atoms with Crippen LogP contribution in [0.5, 0.6) is 11.5 Å². The molecule has 0 saturated heterocycles. The second-order valence-corrected chi connectivity index (χ2v) is 26.4. The Labute approximate surface area is 399 Å². The van der Waals surface area contributed by atoms with Crippen molar-refractivity contribution < 1.29 is 38.1 Å². The molecular formula is C59H76O8. The first kappa shape index (κ1) is 45.7. The number of hydrogen-bond acceptors (Lipinski definition) is 8. The van der Waals surface area contributed by atoms with Gasteiger partial charge in [-0.05, 0) is 177 Å².